The lowest BCUT2D eigenvalue weighted by Crippen LogP contribution is -2.31. The molecule has 0 unspecified atom stereocenters. The van der Waals surface area contributed by atoms with E-state index in [0.717, 1.165) is 11.6 Å². The van der Waals surface area contributed by atoms with Gasteiger partial charge in [-0.3, -0.25) is 0 Å². The highest BCUT2D eigenvalue weighted by molar-refractivity contribution is 7.90. The summed E-state index contributed by atoms with van der Waals surface area (Å²) in [7, 11) is -7.80. The molecule has 2 aromatic rings. The number of nitrogens with two attached hydrogens (primary N) is 1. The minimum absolute atomic E-state index is 0.0848. The molecular weight excluding hydrogens is 348 g/mol. The Morgan fingerprint density at radius 1 is 0.917 bits per heavy atom. The van der Waals surface area contributed by atoms with Crippen molar-refractivity contribution in [1.29, 1.82) is 0 Å². The van der Waals surface area contributed by atoms with Crippen LogP contribution in [0, 0.1) is 0 Å². The summed E-state index contributed by atoms with van der Waals surface area (Å²) in [5.41, 5.74) is 0.858. The zero-order valence-corrected chi connectivity index (χ0v) is 14.9. The Balaban J connectivity index is 2.41. The first-order valence-electron chi connectivity index (χ1n) is 7.42. The maximum atomic E-state index is 12.9. The van der Waals surface area contributed by atoms with E-state index >= 15 is 0 Å². The largest absolute Gasteiger partial charge is 0.243 e. The summed E-state index contributed by atoms with van der Waals surface area (Å²) < 4.78 is 50.1. The molecule has 24 heavy (non-hydrogen) atoms. The van der Waals surface area contributed by atoms with Gasteiger partial charge in [0.25, 0.3) is 0 Å². The Morgan fingerprint density at radius 2 is 1.54 bits per heavy atom. The first-order chi connectivity index (χ1) is 11.2. The van der Waals surface area contributed by atoms with Crippen molar-refractivity contribution in [1.82, 2.24) is 4.31 Å². The summed E-state index contributed by atoms with van der Waals surface area (Å²) in [6, 6.07) is 14.3. The second-order valence-corrected chi connectivity index (χ2v) is 8.84. The van der Waals surface area contributed by atoms with Gasteiger partial charge in [0.2, 0.25) is 20.0 Å². The summed E-state index contributed by atoms with van der Waals surface area (Å²) in [4.78, 5) is -0.307. The third-order valence-electron chi connectivity index (χ3n) is 3.45. The highest BCUT2D eigenvalue weighted by Crippen LogP contribution is 2.21. The van der Waals surface area contributed by atoms with Crippen LogP contribution in [0.2, 0.25) is 0 Å². The Hall–Kier alpha value is -1.74. The molecule has 0 spiro atoms. The lowest BCUT2D eigenvalue weighted by Gasteiger charge is -2.22. The van der Waals surface area contributed by atoms with Crippen molar-refractivity contribution in [2.45, 2.75) is 29.7 Å². The van der Waals surface area contributed by atoms with E-state index < -0.39 is 20.0 Å². The Labute approximate surface area is 143 Å². The molecule has 0 radical (unpaired) electrons. The minimum atomic E-state index is -3.97. The van der Waals surface area contributed by atoms with Gasteiger partial charge < -0.3 is 0 Å². The molecule has 8 heteroatoms. The quantitative estimate of drug-likeness (QED) is 0.807. The van der Waals surface area contributed by atoms with E-state index in [9.17, 15) is 16.8 Å². The fraction of sp³-hybridized carbons (Fsp3) is 0.250. The summed E-state index contributed by atoms with van der Waals surface area (Å²) in [5, 5.41) is 5.09. The Bertz CT molecular complexity index is 895. The van der Waals surface area contributed by atoms with E-state index in [2.05, 4.69) is 0 Å². The van der Waals surface area contributed by atoms with Gasteiger partial charge in [-0.25, -0.2) is 22.0 Å². The molecule has 0 atom stereocenters. The monoisotopic (exact) mass is 368 g/mol. The predicted octanol–water partition coefficient (Wildman–Crippen LogP) is 1.93. The normalized spacial score (nSPS) is 12.5. The molecular formula is C16H20N2O4S2. The fourth-order valence-corrected chi connectivity index (χ4v) is 4.48. The number of hydrogen-bond donors (Lipinski definition) is 1. The lowest BCUT2D eigenvalue weighted by molar-refractivity contribution is 0.405. The summed E-state index contributed by atoms with van der Waals surface area (Å²) in [5.74, 6) is 0. The van der Waals surface area contributed by atoms with Crippen LogP contribution in [-0.2, 0) is 26.6 Å². The van der Waals surface area contributed by atoms with Crippen LogP contribution in [0.15, 0.2) is 64.4 Å². The van der Waals surface area contributed by atoms with Crippen LogP contribution in [-0.4, -0.2) is 27.7 Å². The van der Waals surface area contributed by atoms with Gasteiger partial charge >= 0.3 is 0 Å². The maximum Gasteiger partial charge on any atom is 0.243 e. The van der Waals surface area contributed by atoms with E-state index in [1.165, 1.54) is 22.5 Å². The van der Waals surface area contributed by atoms with Crippen molar-refractivity contribution >= 4 is 20.0 Å². The molecule has 0 bridgehead atoms. The second-order valence-electron chi connectivity index (χ2n) is 5.34. The van der Waals surface area contributed by atoms with E-state index in [4.69, 9.17) is 5.14 Å². The molecule has 2 N–H and O–H groups in total. The average Bonchev–Trinajstić information content (AvgIpc) is 2.55. The topological polar surface area (TPSA) is 97.5 Å². The average molecular weight is 368 g/mol. The standard InChI is InChI=1S/C16H20N2O4S2/c1-2-11-18(13-14-7-4-3-5-8-14)24(21,22)16-10-6-9-15(12-16)23(17,19)20/h3-10,12H,2,11,13H2,1H3,(H2,17,19,20). The molecule has 0 amide bonds. The van der Waals surface area contributed by atoms with Crippen molar-refractivity contribution in [2.75, 3.05) is 6.54 Å². The van der Waals surface area contributed by atoms with Crippen molar-refractivity contribution in [3.05, 3.63) is 60.2 Å². The second kappa shape index (κ2) is 7.43. The zero-order chi connectivity index (χ0) is 17.8. The highest BCUT2D eigenvalue weighted by atomic mass is 32.2. The SMILES string of the molecule is CCCN(Cc1ccccc1)S(=O)(=O)c1cccc(S(N)(=O)=O)c1. The van der Waals surface area contributed by atoms with Crippen LogP contribution in [0.25, 0.3) is 0 Å². The highest BCUT2D eigenvalue weighted by Gasteiger charge is 2.25. The number of benzene rings is 2. The lowest BCUT2D eigenvalue weighted by atomic mass is 10.2. The number of nitrogens with zero attached hydrogens (tertiary/aromatic N) is 1. The van der Waals surface area contributed by atoms with Gasteiger partial charge in [-0.15, -0.1) is 0 Å². The molecule has 2 rings (SSSR count). The number of primary sulfonamides is 1. The van der Waals surface area contributed by atoms with Crippen LogP contribution < -0.4 is 5.14 Å². The van der Waals surface area contributed by atoms with E-state index in [1.807, 2.05) is 37.3 Å². The van der Waals surface area contributed by atoms with E-state index in [-0.39, 0.29) is 16.3 Å². The fourth-order valence-electron chi connectivity index (χ4n) is 2.28. The molecule has 2 aromatic carbocycles. The molecule has 0 aliphatic heterocycles. The van der Waals surface area contributed by atoms with Gasteiger partial charge in [0.05, 0.1) is 9.79 Å². The van der Waals surface area contributed by atoms with Gasteiger partial charge in [0.15, 0.2) is 0 Å². The smallest absolute Gasteiger partial charge is 0.225 e. The first-order valence-corrected chi connectivity index (χ1v) is 10.4. The molecule has 130 valence electrons. The van der Waals surface area contributed by atoms with Gasteiger partial charge in [-0.2, -0.15) is 4.31 Å². The number of rotatable bonds is 7. The third kappa shape index (κ3) is 4.41. The molecule has 0 heterocycles. The number of hydrogen-bond acceptors (Lipinski definition) is 4. The molecule has 0 aliphatic rings. The Morgan fingerprint density at radius 3 is 2.12 bits per heavy atom. The number of sulfonamides is 2. The van der Waals surface area contributed by atoms with Gasteiger partial charge in [0, 0.05) is 13.1 Å². The molecule has 0 fully saturated rings. The van der Waals surface area contributed by atoms with Crippen LogP contribution in [0.5, 0.6) is 0 Å². The minimum Gasteiger partial charge on any atom is -0.225 e. The molecule has 0 aromatic heterocycles. The summed E-state index contributed by atoms with van der Waals surface area (Å²) in [6.07, 6.45) is 0.640. The summed E-state index contributed by atoms with van der Waals surface area (Å²) in [6.45, 7) is 2.43. The van der Waals surface area contributed by atoms with Gasteiger partial charge in [-0.1, -0.05) is 43.3 Å². The molecule has 0 saturated heterocycles. The van der Waals surface area contributed by atoms with Crippen molar-refractivity contribution < 1.29 is 16.8 Å². The van der Waals surface area contributed by atoms with Crippen LogP contribution in [0.3, 0.4) is 0 Å². The summed E-state index contributed by atoms with van der Waals surface area (Å²) >= 11 is 0. The zero-order valence-electron chi connectivity index (χ0n) is 13.3. The predicted molar refractivity (Wildman–Crippen MR) is 92.1 cm³/mol. The molecule has 6 nitrogen and oxygen atoms in total. The maximum absolute atomic E-state index is 12.9. The molecule has 0 saturated carbocycles. The van der Waals surface area contributed by atoms with Crippen LogP contribution in [0.1, 0.15) is 18.9 Å². The van der Waals surface area contributed by atoms with Crippen molar-refractivity contribution in [3.63, 3.8) is 0 Å². The van der Waals surface area contributed by atoms with Crippen LogP contribution >= 0.6 is 0 Å². The van der Waals surface area contributed by atoms with E-state index in [0.29, 0.717) is 13.0 Å². The third-order valence-corrected chi connectivity index (χ3v) is 6.20. The van der Waals surface area contributed by atoms with Crippen LogP contribution in [0.4, 0.5) is 0 Å². The van der Waals surface area contributed by atoms with Gasteiger partial charge in [-0.05, 0) is 30.2 Å². The first kappa shape index (κ1) is 18.6. The Kier molecular flexibility index (Phi) is 5.76. The van der Waals surface area contributed by atoms with E-state index in [1.54, 1.807) is 0 Å². The van der Waals surface area contributed by atoms with Crippen molar-refractivity contribution in [2.24, 2.45) is 5.14 Å². The van der Waals surface area contributed by atoms with Gasteiger partial charge in [0.1, 0.15) is 0 Å². The molecule has 0 aliphatic carbocycles. The van der Waals surface area contributed by atoms with Crippen molar-refractivity contribution in [3.8, 4) is 0 Å².